The van der Waals surface area contributed by atoms with Crippen molar-refractivity contribution in [1.29, 1.82) is 0 Å². The van der Waals surface area contributed by atoms with Gasteiger partial charge in [-0.2, -0.15) is 0 Å². The lowest BCUT2D eigenvalue weighted by molar-refractivity contribution is -0.137. The molecule has 0 bridgehead atoms. The average Bonchev–Trinajstić information content (AvgIpc) is 3.28. The number of hydrogen-bond acceptors (Lipinski definition) is 4. The van der Waals surface area contributed by atoms with Crippen LogP contribution in [0.15, 0.2) is 4.99 Å². The molecule has 180 valence electrons. The van der Waals surface area contributed by atoms with Gasteiger partial charge in [-0.15, -0.1) is 0 Å². The van der Waals surface area contributed by atoms with Crippen molar-refractivity contribution >= 4 is 11.9 Å². The predicted octanol–water partition coefficient (Wildman–Crippen LogP) is 2.38. The molecule has 0 aromatic carbocycles. The third-order valence-electron chi connectivity index (χ3n) is 6.62. The lowest BCUT2D eigenvalue weighted by atomic mass is 10.1. The van der Waals surface area contributed by atoms with Crippen molar-refractivity contribution in [2.24, 2.45) is 10.9 Å². The van der Waals surface area contributed by atoms with Crippen LogP contribution in [0.3, 0.4) is 0 Å². The summed E-state index contributed by atoms with van der Waals surface area (Å²) < 4.78 is 0. The Morgan fingerprint density at radius 1 is 1.03 bits per heavy atom. The molecule has 1 saturated carbocycles. The molecule has 2 rings (SSSR count). The molecule has 1 saturated heterocycles. The highest BCUT2D eigenvalue weighted by Crippen LogP contribution is 2.26. The van der Waals surface area contributed by atoms with Gasteiger partial charge < -0.3 is 15.5 Å². The normalized spacial score (nSPS) is 19.1. The second-order valence-corrected chi connectivity index (χ2v) is 9.61. The molecule has 1 aliphatic carbocycles. The molecule has 7 heteroatoms. The van der Waals surface area contributed by atoms with Gasteiger partial charge in [-0.25, -0.2) is 0 Å². The average molecular weight is 437 g/mol. The number of hydrogen-bond donors (Lipinski definition) is 2. The number of rotatable bonds is 11. The topological polar surface area (TPSA) is 63.2 Å². The Hall–Kier alpha value is -1.34. The van der Waals surface area contributed by atoms with E-state index in [0.29, 0.717) is 23.9 Å². The molecule has 1 heterocycles. The summed E-state index contributed by atoms with van der Waals surface area (Å²) in [4.78, 5) is 24.4. The maximum absolute atomic E-state index is 12.6. The van der Waals surface area contributed by atoms with E-state index in [1.807, 2.05) is 0 Å². The van der Waals surface area contributed by atoms with Crippen molar-refractivity contribution in [2.75, 3.05) is 58.9 Å². The van der Waals surface area contributed by atoms with Gasteiger partial charge in [0.2, 0.25) is 5.91 Å². The number of guanidine groups is 1. The highest BCUT2D eigenvalue weighted by molar-refractivity contribution is 5.80. The van der Waals surface area contributed by atoms with Crippen LogP contribution in [0.4, 0.5) is 0 Å². The molecule has 2 aliphatic rings. The molecule has 0 atom stereocenters. The number of piperazine rings is 1. The summed E-state index contributed by atoms with van der Waals surface area (Å²) in [6.45, 7) is 19.6. The lowest BCUT2D eigenvalue weighted by Gasteiger charge is -2.36. The Morgan fingerprint density at radius 3 is 2.26 bits per heavy atom. The molecule has 0 unspecified atom stereocenters. The molecule has 7 nitrogen and oxygen atoms in total. The van der Waals surface area contributed by atoms with E-state index in [0.717, 1.165) is 84.1 Å². The molecule has 2 N–H and O–H groups in total. The van der Waals surface area contributed by atoms with Gasteiger partial charge in [-0.05, 0) is 53.9 Å². The zero-order chi connectivity index (χ0) is 22.6. The van der Waals surface area contributed by atoms with Gasteiger partial charge in [-0.1, -0.05) is 12.8 Å². The fourth-order valence-electron chi connectivity index (χ4n) is 4.85. The summed E-state index contributed by atoms with van der Waals surface area (Å²) in [5, 5.41) is 6.84. The second-order valence-electron chi connectivity index (χ2n) is 9.61. The van der Waals surface area contributed by atoms with E-state index in [-0.39, 0.29) is 0 Å². The van der Waals surface area contributed by atoms with E-state index in [1.54, 1.807) is 0 Å². The zero-order valence-electron chi connectivity index (χ0n) is 20.8. The summed E-state index contributed by atoms with van der Waals surface area (Å²) in [6.07, 6.45) is 5.73. The summed E-state index contributed by atoms with van der Waals surface area (Å²) in [6, 6.07) is 1.15. The fraction of sp³-hybridized carbons (Fsp3) is 0.917. The van der Waals surface area contributed by atoms with E-state index in [2.05, 4.69) is 60.0 Å². The number of carbonyl (C=O) groups excluding carboxylic acids is 1. The summed E-state index contributed by atoms with van der Waals surface area (Å²) in [5.41, 5.74) is 0. The molecule has 1 aliphatic heterocycles. The predicted molar refractivity (Wildman–Crippen MR) is 131 cm³/mol. The molecule has 31 heavy (non-hydrogen) atoms. The summed E-state index contributed by atoms with van der Waals surface area (Å²) in [5.74, 6) is 1.63. The number of aliphatic imine (C=N–C) groups is 1. The molecule has 0 aromatic heterocycles. The van der Waals surface area contributed by atoms with Crippen LogP contribution >= 0.6 is 0 Å². The van der Waals surface area contributed by atoms with E-state index < -0.39 is 0 Å². The quantitative estimate of drug-likeness (QED) is 0.296. The highest BCUT2D eigenvalue weighted by Gasteiger charge is 2.29. The van der Waals surface area contributed by atoms with Gasteiger partial charge in [0.25, 0.3) is 0 Å². The van der Waals surface area contributed by atoms with Crippen molar-refractivity contribution in [1.82, 2.24) is 25.3 Å². The van der Waals surface area contributed by atoms with Gasteiger partial charge in [0.05, 0.1) is 0 Å². The molecule has 1 amide bonds. The zero-order valence-corrected chi connectivity index (χ0v) is 20.8. The van der Waals surface area contributed by atoms with E-state index >= 15 is 0 Å². The van der Waals surface area contributed by atoms with Crippen LogP contribution in [-0.2, 0) is 4.79 Å². The van der Waals surface area contributed by atoms with Crippen molar-refractivity contribution in [3.8, 4) is 0 Å². The number of nitrogens with zero attached hydrogens (tertiary/aromatic N) is 4. The first-order chi connectivity index (χ1) is 14.9. The maximum atomic E-state index is 12.6. The fourth-order valence-corrected chi connectivity index (χ4v) is 4.85. The third-order valence-corrected chi connectivity index (χ3v) is 6.62. The van der Waals surface area contributed by atoms with Gasteiger partial charge in [-0.3, -0.25) is 19.6 Å². The van der Waals surface area contributed by atoms with Gasteiger partial charge >= 0.3 is 0 Å². The molecule has 0 aromatic rings. The first-order valence-electron chi connectivity index (χ1n) is 12.7. The van der Waals surface area contributed by atoms with Crippen LogP contribution < -0.4 is 10.6 Å². The first-order valence-corrected chi connectivity index (χ1v) is 12.7. The second kappa shape index (κ2) is 13.9. The van der Waals surface area contributed by atoms with E-state index in [1.165, 1.54) is 12.8 Å². The van der Waals surface area contributed by atoms with Crippen LogP contribution in [0.2, 0.25) is 0 Å². The minimum Gasteiger partial charge on any atom is -0.357 e. The lowest BCUT2D eigenvalue weighted by Crippen LogP contribution is -2.51. The van der Waals surface area contributed by atoms with Gasteiger partial charge in [0, 0.05) is 76.9 Å². The van der Waals surface area contributed by atoms with Crippen molar-refractivity contribution in [3.63, 3.8) is 0 Å². The minimum absolute atomic E-state index is 0.306. The first kappa shape index (κ1) is 25.9. The molecule has 2 fully saturated rings. The summed E-state index contributed by atoms with van der Waals surface area (Å²) in [7, 11) is 0. The smallest absolute Gasteiger partial charge is 0.225 e. The summed E-state index contributed by atoms with van der Waals surface area (Å²) >= 11 is 0. The van der Waals surface area contributed by atoms with Crippen LogP contribution in [-0.4, -0.2) is 97.6 Å². The number of amides is 1. The third kappa shape index (κ3) is 8.97. The maximum Gasteiger partial charge on any atom is 0.225 e. The Balaban J connectivity index is 1.65. The Bertz CT molecular complexity index is 528. The molecular formula is C24H48N6O. The molecular weight excluding hydrogens is 388 g/mol. The van der Waals surface area contributed by atoms with Crippen molar-refractivity contribution in [2.45, 2.75) is 78.8 Å². The standard InChI is InChI=1S/C24H48N6O/c1-6-25-24(26-12-9-14-30(20(2)3)21(4)5)27-13-15-28-16-18-29(19-17-28)23(31)22-10-7-8-11-22/h20-22H,6-19H2,1-5H3,(H2,25,26,27). The van der Waals surface area contributed by atoms with Crippen molar-refractivity contribution < 1.29 is 4.79 Å². The largest absolute Gasteiger partial charge is 0.357 e. The number of nitrogens with one attached hydrogen (secondary N) is 2. The molecule has 0 radical (unpaired) electrons. The number of carbonyl (C=O) groups is 1. The van der Waals surface area contributed by atoms with Crippen LogP contribution in [0.5, 0.6) is 0 Å². The van der Waals surface area contributed by atoms with E-state index in [4.69, 9.17) is 4.99 Å². The Morgan fingerprint density at radius 2 is 1.68 bits per heavy atom. The van der Waals surface area contributed by atoms with Gasteiger partial charge in [0.15, 0.2) is 5.96 Å². The molecule has 0 spiro atoms. The Kier molecular flexibility index (Phi) is 11.7. The van der Waals surface area contributed by atoms with Crippen molar-refractivity contribution in [3.05, 3.63) is 0 Å². The van der Waals surface area contributed by atoms with Crippen LogP contribution in [0, 0.1) is 5.92 Å². The highest BCUT2D eigenvalue weighted by atomic mass is 16.2. The van der Waals surface area contributed by atoms with Crippen LogP contribution in [0.25, 0.3) is 0 Å². The van der Waals surface area contributed by atoms with E-state index in [9.17, 15) is 4.79 Å². The van der Waals surface area contributed by atoms with Gasteiger partial charge in [0.1, 0.15) is 0 Å². The minimum atomic E-state index is 0.306. The monoisotopic (exact) mass is 436 g/mol. The van der Waals surface area contributed by atoms with Crippen LogP contribution in [0.1, 0.15) is 66.7 Å². The SMILES string of the molecule is CCNC(=NCCCN(C(C)C)C(C)C)NCCN1CCN(C(=O)C2CCCC2)CC1. The Labute approximate surface area is 191 Å².